The molecule has 0 fully saturated rings. The minimum Gasteiger partial charge on any atom is -0.347 e. The van der Waals surface area contributed by atoms with Gasteiger partial charge in [0.2, 0.25) is 0 Å². The van der Waals surface area contributed by atoms with Crippen LogP contribution in [0.15, 0.2) is 54.7 Å². The van der Waals surface area contributed by atoms with Crippen LogP contribution in [0.2, 0.25) is 0 Å². The molecule has 26 heavy (non-hydrogen) atoms. The third-order valence-corrected chi connectivity index (χ3v) is 5.77. The first-order chi connectivity index (χ1) is 12.8. The van der Waals surface area contributed by atoms with Crippen LogP contribution in [0.25, 0.3) is 21.1 Å². The van der Waals surface area contributed by atoms with Gasteiger partial charge in [-0.2, -0.15) is 0 Å². The van der Waals surface area contributed by atoms with E-state index in [1.54, 1.807) is 30.1 Å². The molecule has 1 amide bonds. The summed E-state index contributed by atoms with van der Waals surface area (Å²) in [4.78, 5) is 27.9. The van der Waals surface area contributed by atoms with Crippen molar-refractivity contribution in [2.45, 2.75) is 6.54 Å². The molecule has 7 nitrogen and oxygen atoms in total. The number of thiophene rings is 1. The number of rotatable bonds is 4. The lowest BCUT2D eigenvalue weighted by Crippen LogP contribution is -2.21. The summed E-state index contributed by atoms with van der Waals surface area (Å²) in [5.74, 6) is 0.669. The van der Waals surface area contributed by atoms with Gasteiger partial charge in [-0.05, 0) is 23.8 Å². The molecule has 1 N–H and O–H groups in total. The van der Waals surface area contributed by atoms with Crippen molar-refractivity contribution >= 4 is 43.9 Å². The van der Waals surface area contributed by atoms with Crippen molar-refractivity contribution in [3.63, 3.8) is 0 Å². The lowest BCUT2D eigenvalue weighted by Gasteiger charge is -2.06. The predicted molar refractivity (Wildman–Crippen MR) is 101 cm³/mol. The van der Waals surface area contributed by atoms with Gasteiger partial charge in [-0.25, -0.2) is 15.0 Å². The largest absolute Gasteiger partial charge is 0.347 e. The van der Waals surface area contributed by atoms with Crippen molar-refractivity contribution in [1.82, 2.24) is 29.2 Å². The smallest absolute Gasteiger partial charge is 0.261 e. The Morgan fingerprint density at radius 1 is 1.23 bits per heavy atom. The maximum absolute atomic E-state index is 12.5. The van der Waals surface area contributed by atoms with E-state index in [4.69, 9.17) is 0 Å². The molecule has 0 aliphatic carbocycles. The maximum atomic E-state index is 12.5. The molecule has 9 heteroatoms. The van der Waals surface area contributed by atoms with Crippen LogP contribution in [0.5, 0.6) is 0 Å². The highest BCUT2D eigenvalue weighted by Crippen LogP contribution is 2.28. The zero-order valence-electron chi connectivity index (χ0n) is 13.4. The van der Waals surface area contributed by atoms with E-state index in [2.05, 4.69) is 20.3 Å². The molecule has 0 spiro atoms. The van der Waals surface area contributed by atoms with Crippen LogP contribution >= 0.6 is 22.7 Å². The van der Waals surface area contributed by atoms with E-state index in [9.17, 15) is 4.79 Å². The van der Waals surface area contributed by atoms with Crippen LogP contribution < -0.4 is 5.32 Å². The van der Waals surface area contributed by atoms with Gasteiger partial charge in [0.15, 0.2) is 4.96 Å². The van der Waals surface area contributed by atoms with Crippen molar-refractivity contribution in [2.75, 3.05) is 0 Å². The van der Waals surface area contributed by atoms with Crippen molar-refractivity contribution in [2.24, 2.45) is 0 Å². The first-order valence-electron chi connectivity index (χ1n) is 7.84. The van der Waals surface area contributed by atoms with Crippen molar-refractivity contribution in [3.8, 4) is 5.82 Å². The van der Waals surface area contributed by atoms with E-state index < -0.39 is 0 Å². The fourth-order valence-electron chi connectivity index (χ4n) is 2.74. The normalized spacial score (nSPS) is 11.4. The molecule has 0 aliphatic rings. The van der Waals surface area contributed by atoms with Gasteiger partial charge < -0.3 is 5.32 Å². The average Bonchev–Trinajstić information content (AvgIpc) is 3.40. The minimum atomic E-state index is -0.0991. The molecule has 0 unspecified atom stereocenters. The van der Waals surface area contributed by atoms with Crippen LogP contribution in [0, 0.1) is 0 Å². The molecule has 0 radical (unpaired) electrons. The molecular formula is C17H12N6OS2. The third kappa shape index (κ3) is 2.57. The van der Waals surface area contributed by atoms with Crippen LogP contribution in [0.1, 0.15) is 15.2 Å². The van der Waals surface area contributed by atoms with Crippen molar-refractivity contribution < 1.29 is 4.79 Å². The van der Waals surface area contributed by atoms with E-state index in [1.165, 1.54) is 11.3 Å². The minimum absolute atomic E-state index is 0.0991. The number of nitrogens with zero attached hydrogens (tertiary/aromatic N) is 5. The lowest BCUT2D eigenvalue weighted by atomic mass is 10.2. The molecule has 0 aromatic carbocycles. The Kier molecular flexibility index (Phi) is 3.54. The summed E-state index contributed by atoms with van der Waals surface area (Å²) in [6.45, 7) is 0.430. The molecule has 5 rings (SSSR count). The molecule has 0 atom stereocenters. The fourth-order valence-corrected chi connectivity index (χ4v) is 4.45. The quantitative estimate of drug-likeness (QED) is 0.520. The molecule has 128 valence electrons. The lowest BCUT2D eigenvalue weighted by molar-refractivity contribution is 0.0955. The first kappa shape index (κ1) is 15.2. The topological polar surface area (TPSA) is 77.1 Å². The number of thiazole rings is 1. The molecule has 0 saturated heterocycles. The van der Waals surface area contributed by atoms with E-state index in [0.717, 1.165) is 26.7 Å². The van der Waals surface area contributed by atoms with Gasteiger partial charge in [-0.1, -0.05) is 0 Å². The third-order valence-electron chi connectivity index (χ3n) is 4.00. The van der Waals surface area contributed by atoms with Crippen LogP contribution in [0.3, 0.4) is 0 Å². The van der Waals surface area contributed by atoms with Crippen LogP contribution in [-0.2, 0) is 6.54 Å². The Morgan fingerprint density at radius 3 is 3.08 bits per heavy atom. The Morgan fingerprint density at radius 2 is 2.19 bits per heavy atom. The first-order valence-corrected chi connectivity index (χ1v) is 9.54. The van der Waals surface area contributed by atoms with Crippen molar-refractivity contribution in [3.05, 3.63) is 65.1 Å². The summed E-state index contributed by atoms with van der Waals surface area (Å²) in [6.07, 6.45) is 8.92. The summed E-state index contributed by atoms with van der Waals surface area (Å²) >= 11 is 3.00. The van der Waals surface area contributed by atoms with E-state index in [1.807, 2.05) is 44.9 Å². The van der Waals surface area contributed by atoms with Crippen LogP contribution in [0.4, 0.5) is 0 Å². The second-order valence-electron chi connectivity index (χ2n) is 5.64. The Labute approximate surface area is 155 Å². The second-order valence-corrected chi connectivity index (χ2v) is 7.55. The SMILES string of the molecule is O=C(NCc1ccnc(-n2ccnc2)c1)c1cc2c(nc3sccn32)s1. The summed E-state index contributed by atoms with van der Waals surface area (Å²) in [7, 11) is 0. The number of carbonyl (C=O) groups is 1. The molecular weight excluding hydrogens is 368 g/mol. The van der Waals surface area contributed by atoms with Gasteiger partial charge in [0.25, 0.3) is 5.91 Å². The molecule has 0 saturated carbocycles. The summed E-state index contributed by atoms with van der Waals surface area (Å²) in [5.41, 5.74) is 1.95. The maximum Gasteiger partial charge on any atom is 0.261 e. The van der Waals surface area contributed by atoms with E-state index >= 15 is 0 Å². The molecule has 5 aromatic heterocycles. The monoisotopic (exact) mass is 380 g/mol. The molecule has 0 bridgehead atoms. The molecule has 5 aromatic rings. The summed E-state index contributed by atoms with van der Waals surface area (Å²) < 4.78 is 3.83. The fraction of sp³-hybridized carbons (Fsp3) is 0.0588. The number of carbonyl (C=O) groups excluding carboxylic acids is 1. The number of nitrogens with one attached hydrogen (secondary N) is 1. The Hall–Kier alpha value is -3.04. The van der Waals surface area contributed by atoms with Gasteiger partial charge in [-0.3, -0.25) is 13.8 Å². The zero-order valence-corrected chi connectivity index (χ0v) is 15.0. The molecule has 0 aliphatic heterocycles. The highest BCUT2D eigenvalue weighted by molar-refractivity contribution is 7.21. The average molecular weight is 380 g/mol. The zero-order chi connectivity index (χ0) is 17.5. The predicted octanol–water partition coefficient (Wildman–Crippen LogP) is 3.12. The standard InChI is InChI=1S/C17H12N6OS2/c24-15(13-8-12-16(26-13)21-17-23(12)5-6-25-17)20-9-11-1-2-19-14(7-11)22-4-3-18-10-22/h1-8,10H,9H2,(H,20,24). The van der Waals surface area contributed by atoms with E-state index in [-0.39, 0.29) is 5.91 Å². The number of hydrogen-bond donors (Lipinski definition) is 1. The van der Waals surface area contributed by atoms with Gasteiger partial charge >= 0.3 is 0 Å². The van der Waals surface area contributed by atoms with E-state index in [0.29, 0.717) is 11.4 Å². The number of amides is 1. The number of fused-ring (bicyclic) bond motifs is 3. The Bertz CT molecular complexity index is 1220. The number of hydrogen-bond acceptors (Lipinski definition) is 6. The second kappa shape index (κ2) is 6.04. The van der Waals surface area contributed by atoms with Gasteiger partial charge in [0, 0.05) is 36.7 Å². The van der Waals surface area contributed by atoms with Gasteiger partial charge in [0.05, 0.1) is 10.4 Å². The Balaban J connectivity index is 1.34. The summed E-state index contributed by atoms with van der Waals surface area (Å²) in [6, 6.07) is 5.71. The van der Waals surface area contributed by atoms with Gasteiger partial charge in [-0.15, -0.1) is 22.7 Å². The van der Waals surface area contributed by atoms with Crippen LogP contribution in [-0.4, -0.2) is 29.8 Å². The van der Waals surface area contributed by atoms with Crippen molar-refractivity contribution in [1.29, 1.82) is 0 Å². The number of pyridine rings is 1. The summed E-state index contributed by atoms with van der Waals surface area (Å²) in [5, 5.41) is 4.95. The number of imidazole rings is 2. The highest BCUT2D eigenvalue weighted by atomic mass is 32.1. The highest BCUT2D eigenvalue weighted by Gasteiger charge is 2.15. The molecule has 5 heterocycles. The number of aromatic nitrogens is 5. The van der Waals surface area contributed by atoms with Gasteiger partial charge in [0.1, 0.15) is 17.0 Å².